The molecule has 1 aliphatic heterocycles. The fraction of sp³-hybridized carbons (Fsp3) is 0.190. The maximum Gasteiger partial charge on any atom is 0.251 e. The van der Waals surface area contributed by atoms with Crippen LogP contribution in [-0.4, -0.2) is 29.7 Å². The Labute approximate surface area is 152 Å². The minimum atomic E-state index is -0.205. The molecular formula is C21H20N2O3. The van der Waals surface area contributed by atoms with Crippen LogP contribution in [-0.2, 0) is 0 Å². The lowest BCUT2D eigenvalue weighted by Crippen LogP contribution is -2.40. The normalized spacial score (nSPS) is 15.5. The lowest BCUT2D eigenvalue weighted by atomic mass is 10.1. The third-order valence-electron chi connectivity index (χ3n) is 4.41. The molecule has 0 bridgehead atoms. The summed E-state index contributed by atoms with van der Waals surface area (Å²) in [6.07, 6.45) is 3.73. The summed E-state index contributed by atoms with van der Waals surface area (Å²) in [7, 11) is 0. The second-order valence-electron chi connectivity index (χ2n) is 6.30. The van der Waals surface area contributed by atoms with Gasteiger partial charge < -0.3 is 19.4 Å². The van der Waals surface area contributed by atoms with Gasteiger partial charge in [0.2, 0.25) is 0 Å². The second-order valence-corrected chi connectivity index (χ2v) is 6.30. The Kier molecular flexibility index (Phi) is 4.35. The van der Waals surface area contributed by atoms with E-state index in [1.807, 2.05) is 78.5 Å². The van der Waals surface area contributed by atoms with E-state index in [2.05, 4.69) is 5.32 Å². The summed E-state index contributed by atoms with van der Waals surface area (Å²) in [6, 6.07) is 17.2. The number of ether oxygens (including phenoxy) is 2. The van der Waals surface area contributed by atoms with Crippen molar-refractivity contribution >= 4 is 5.91 Å². The number of hydrogen-bond donors (Lipinski definition) is 1. The molecule has 2 aromatic carbocycles. The molecule has 0 fully saturated rings. The molecule has 1 aliphatic rings. The minimum Gasteiger partial charge on any atom is -0.486 e. The summed E-state index contributed by atoms with van der Waals surface area (Å²) in [5, 5.41) is 2.94. The molecule has 3 aromatic rings. The van der Waals surface area contributed by atoms with Crippen molar-refractivity contribution in [3.63, 3.8) is 0 Å². The summed E-state index contributed by atoms with van der Waals surface area (Å²) in [5.41, 5.74) is 2.73. The highest BCUT2D eigenvalue weighted by Crippen LogP contribution is 2.30. The summed E-state index contributed by atoms with van der Waals surface area (Å²) in [4.78, 5) is 12.5. The molecule has 5 nitrogen and oxygen atoms in total. The Balaban J connectivity index is 1.42. The predicted octanol–water partition coefficient (Wildman–Crippen LogP) is 3.36. The number of benzene rings is 2. The monoisotopic (exact) mass is 348 g/mol. The van der Waals surface area contributed by atoms with E-state index in [1.54, 1.807) is 0 Å². The van der Waals surface area contributed by atoms with E-state index in [0.717, 1.165) is 17.0 Å². The molecule has 5 heteroatoms. The van der Waals surface area contributed by atoms with Crippen LogP contribution in [0.1, 0.15) is 15.9 Å². The number of aromatic nitrogens is 1. The molecule has 0 saturated carbocycles. The molecule has 0 radical (unpaired) electrons. The van der Waals surface area contributed by atoms with Gasteiger partial charge >= 0.3 is 0 Å². The Morgan fingerprint density at radius 1 is 1.12 bits per heavy atom. The van der Waals surface area contributed by atoms with Crippen molar-refractivity contribution in [3.05, 3.63) is 78.1 Å². The fourth-order valence-corrected chi connectivity index (χ4v) is 3.00. The first-order valence-electron chi connectivity index (χ1n) is 8.61. The van der Waals surface area contributed by atoms with Crippen molar-refractivity contribution in [1.82, 2.24) is 9.88 Å². The predicted molar refractivity (Wildman–Crippen MR) is 99.2 cm³/mol. The summed E-state index contributed by atoms with van der Waals surface area (Å²) >= 11 is 0. The van der Waals surface area contributed by atoms with Crippen LogP contribution in [0.5, 0.6) is 11.5 Å². The number of nitrogens with zero attached hydrogens (tertiary/aromatic N) is 1. The van der Waals surface area contributed by atoms with Gasteiger partial charge in [0.15, 0.2) is 11.5 Å². The van der Waals surface area contributed by atoms with Gasteiger partial charge in [-0.25, -0.2) is 0 Å². The highest BCUT2D eigenvalue weighted by Gasteiger charge is 2.21. The number of carbonyl (C=O) groups is 1. The fourth-order valence-electron chi connectivity index (χ4n) is 3.00. The zero-order valence-electron chi connectivity index (χ0n) is 14.5. The molecule has 26 heavy (non-hydrogen) atoms. The lowest BCUT2D eigenvalue weighted by Gasteiger charge is -2.26. The SMILES string of the molecule is Cc1ccc(C(=O)NC[C@@H]2COc3ccccc3O2)cc1-n1cccc1. The van der Waals surface area contributed by atoms with Crippen molar-refractivity contribution in [2.75, 3.05) is 13.2 Å². The molecule has 0 spiro atoms. The highest BCUT2D eigenvalue weighted by molar-refractivity contribution is 5.94. The van der Waals surface area contributed by atoms with Crippen LogP contribution < -0.4 is 14.8 Å². The second kappa shape index (κ2) is 6.96. The molecule has 1 aromatic heterocycles. The van der Waals surface area contributed by atoms with E-state index in [1.165, 1.54) is 0 Å². The summed E-state index contributed by atoms with van der Waals surface area (Å²) < 4.78 is 13.6. The van der Waals surface area contributed by atoms with Gasteiger partial charge in [-0.1, -0.05) is 18.2 Å². The number of para-hydroxylation sites is 2. The van der Waals surface area contributed by atoms with Gasteiger partial charge in [0.25, 0.3) is 5.91 Å². The number of amides is 1. The smallest absolute Gasteiger partial charge is 0.251 e. The number of nitrogens with one attached hydrogen (secondary N) is 1. The van der Waals surface area contributed by atoms with Crippen molar-refractivity contribution < 1.29 is 14.3 Å². The Hall–Kier alpha value is -3.21. The van der Waals surface area contributed by atoms with Crippen molar-refractivity contribution in [1.29, 1.82) is 0 Å². The van der Waals surface area contributed by atoms with Gasteiger partial charge in [0.05, 0.1) is 6.54 Å². The maximum atomic E-state index is 12.5. The number of hydrogen-bond acceptors (Lipinski definition) is 3. The molecule has 0 aliphatic carbocycles. The summed E-state index contributed by atoms with van der Waals surface area (Å²) in [5.74, 6) is 1.33. The van der Waals surface area contributed by atoms with Crippen molar-refractivity contribution in [2.45, 2.75) is 13.0 Å². The van der Waals surface area contributed by atoms with Gasteiger partial charge in [0, 0.05) is 23.6 Å². The van der Waals surface area contributed by atoms with E-state index in [9.17, 15) is 4.79 Å². The first-order valence-corrected chi connectivity index (χ1v) is 8.61. The zero-order valence-corrected chi connectivity index (χ0v) is 14.5. The molecular weight excluding hydrogens is 328 g/mol. The van der Waals surface area contributed by atoms with Crippen molar-refractivity contribution in [3.8, 4) is 17.2 Å². The third-order valence-corrected chi connectivity index (χ3v) is 4.41. The van der Waals surface area contributed by atoms with E-state index in [4.69, 9.17) is 9.47 Å². The van der Waals surface area contributed by atoms with Crippen LogP contribution in [0.4, 0.5) is 0 Å². The molecule has 1 N–H and O–H groups in total. The van der Waals surface area contributed by atoms with Crippen LogP contribution in [0.3, 0.4) is 0 Å². The molecule has 0 unspecified atom stereocenters. The van der Waals surface area contributed by atoms with Gasteiger partial charge in [-0.15, -0.1) is 0 Å². The van der Waals surface area contributed by atoms with E-state index >= 15 is 0 Å². The van der Waals surface area contributed by atoms with Gasteiger partial charge in [-0.3, -0.25) is 4.79 Å². The number of carbonyl (C=O) groups excluding carboxylic acids is 1. The zero-order chi connectivity index (χ0) is 17.9. The number of fused-ring (bicyclic) bond motifs is 1. The first-order chi connectivity index (χ1) is 12.7. The lowest BCUT2D eigenvalue weighted by molar-refractivity contribution is 0.0789. The minimum absolute atomic E-state index is 0.124. The number of rotatable bonds is 4. The molecule has 1 atom stereocenters. The van der Waals surface area contributed by atoms with Crippen LogP contribution >= 0.6 is 0 Å². The standard InChI is InChI=1S/C21H20N2O3/c1-15-8-9-16(12-18(15)23-10-4-5-11-23)21(24)22-13-17-14-25-19-6-2-3-7-20(19)26-17/h2-12,17H,13-14H2,1H3,(H,22,24)/t17-/m1/s1. The largest absolute Gasteiger partial charge is 0.486 e. The van der Waals surface area contributed by atoms with Gasteiger partial charge in [-0.2, -0.15) is 0 Å². The van der Waals surface area contributed by atoms with Gasteiger partial charge in [-0.05, 0) is 48.9 Å². The van der Waals surface area contributed by atoms with E-state index in [0.29, 0.717) is 24.5 Å². The highest BCUT2D eigenvalue weighted by atomic mass is 16.6. The first kappa shape index (κ1) is 16.3. The maximum absolute atomic E-state index is 12.5. The van der Waals surface area contributed by atoms with Crippen molar-refractivity contribution in [2.24, 2.45) is 0 Å². The third kappa shape index (κ3) is 3.28. The molecule has 1 amide bonds. The Bertz CT molecular complexity index is 919. The summed E-state index contributed by atoms with van der Waals surface area (Å²) in [6.45, 7) is 2.83. The van der Waals surface area contributed by atoms with E-state index in [-0.39, 0.29) is 12.0 Å². The van der Waals surface area contributed by atoms with Crippen LogP contribution in [0.2, 0.25) is 0 Å². The average molecular weight is 348 g/mol. The number of aryl methyl sites for hydroxylation is 1. The molecule has 2 heterocycles. The molecule has 132 valence electrons. The van der Waals surface area contributed by atoms with Crippen LogP contribution in [0.15, 0.2) is 67.0 Å². The average Bonchev–Trinajstić information content (AvgIpc) is 3.21. The Morgan fingerprint density at radius 2 is 1.88 bits per heavy atom. The van der Waals surface area contributed by atoms with Gasteiger partial charge in [0.1, 0.15) is 12.7 Å². The Morgan fingerprint density at radius 3 is 2.69 bits per heavy atom. The van der Waals surface area contributed by atoms with Crippen LogP contribution in [0, 0.1) is 6.92 Å². The molecule has 0 saturated heterocycles. The topological polar surface area (TPSA) is 52.5 Å². The molecule has 4 rings (SSSR count). The van der Waals surface area contributed by atoms with E-state index < -0.39 is 0 Å². The quantitative estimate of drug-likeness (QED) is 0.787. The van der Waals surface area contributed by atoms with Crippen LogP contribution in [0.25, 0.3) is 5.69 Å².